The first-order valence-electron chi connectivity index (χ1n) is 8.26. The number of rotatable bonds is 4. The smallest absolute Gasteiger partial charge is 0.274 e. The van der Waals surface area contributed by atoms with Crippen molar-refractivity contribution in [1.82, 2.24) is 30.6 Å². The molecule has 130 valence electrons. The van der Waals surface area contributed by atoms with Gasteiger partial charge in [0.25, 0.3) is 5.91 Å². The minimum absolute atomic E-state index is 0.217. The van der Waals surface area contributed by atoms with Crippen molar-refractivity contribution in [3.63, 3.8) is 0 Å². The molecule has 1 aliphatic heterocycles. The van der Waals surface area contributed by atoms with E-state index in [0.717, 1.165) is 36.6 Å². The minimum atomic E-state index is -0.542. The highest BCUT2D eigenvalue weighted by atomic mass is 32.1. The molecule has 24 heavy (non-hydrogen) atoms. The Bertz CT molecular complexity index is 709. The number of nitrogens with one attached hydrogen (secondary N) is 2. The van der Waals surface area contributed by atoms with Crippen molar-refractivity contribution in [2.24, 2.45) is 0 Å². The van der Waals surface area contributed by atoms with Gasteiger partial charge in [0.15, 0.2) is 5.69 Å². The molecule has 2 N–H and O–H groups in total. The summed E-state index contributed by atoms with van der Waals surface area (Å²) in [6.45, 7) is 9.89. The molecule has 0 aliphatic carbocycles. The van der Waals surface area contributed by atoms with Crippen molar-refractivity contribution >= 4 is 17.2 Å². The van der Waals surface area contributed by atoms with Gasteiger partial charge < -0.3 is 10.6 Å². The van der Waals surface area contributed by atoms with Gasteiger partial charge in [0, 0.05) is 4.88 Å². The second-order valence-electron chi connectivity index (χ2n) is 6.80. The fourth-order valence-corrected chi connectivity index (χ4v) is 3.74. The van der Waals surface area contributed by atoms with Crippen molar-refractivity contribution in [2.45, 2.75) is 52.1 Å². The maximum absolute atomic E-state index is 12.6. The van der Waals surface area contributed by atoms with Crippen LogP contribution in [0.3, 0.4) is 0 Å². The number of aromatic nitrogens is 4. The zero-order valence-corrected chi connectivity index (χ0v) is 15.4. The van der Waals surface area contributed by atoms with Crippen LogP contribution in [-0.2, 0) is 5.54 Å². The van der Waals surface area contributed by atoms with E-state index in [1.807, 2.05) is 32.4 Å². The molecule has 0 atom stereocenters. The molecule has 1 fully saturated rings. The number of piperidine rings is 1. The van der Waals surface area contributed by atoms with Crippen molar-refractivity contribution in [1.29, 1.82) is 0 Å². The largest absolute Gasteiger partial charge is 0.339 e. The van der Waals surface area contributed by atoms with Crippen molar-refractivity contribution in [3.05, 3.63) is 27.5 Å². The number of thiazole rings is 1. The van der Waals surface area contributed by atoms with Gasteiger partial charge in [0.05, 0.1) is 23.5 Å². The van der Waals surface area contributed by atoms with Crippen LogP contribution in [0.25, 0.3) is 0 Å². The molecule has 0 spiro atoms. The first-order valence-corrected chi connectivity index (χ1v) is 9.08. The highest BCUT2D eigenvalue weighted by Gasteiger charge is 2.29. The van der Waals surface area contributed by atoms with Crippen molar-refractivity contribution in [2.75, 3.05) is 13.1 Å². The molecular weight excluding hydrogens is 324 g/mol. The minimum Gasteiger partial charge on any atom is -0.339 e. The summed E-state index contributed by atoms with van der Waals surface area (Å²) < 4.78 is 1.82. The summed E-state index contributed by atoms with van der Waals surface area (Å²) in [7, 11) is 0. The molecule has 3 rings (SSSR count). The lowest BCUT2D eigenvalue weighted by molar-refractivity contribution is 0.0906. The molecule has 3 heterocycles. The SMILES string of the molecule is Cc1nc(C(C)(C)NC(=O)c2cn(C3CCNCC3)nn2)sc1C. The highest BCUT2D eigenvalue weighted by molar-refractivity contribution is 7.11. The predicted molar refractivity (Wildman–Crippen MR) is 93.2 cm³/mol. The van der Waals surface area contributed by atoms with Crippen molar-refractivity contribution < 1.29 is 4.79 Å². The third-order valence-corrected chi connectivity index (χ3v) is 5.81. The third kappa shape index (κ3) is 3.49. The van der Waals surface area contributed by atoms with E-state index in [4.69, 9.17) is 0 Å². The van der Waals surface area contributed by atoms with Gasteiger partial charge in [-0.3, -0.25) is 4.79 Å². The van der Waals surface area contributed by atoms with Crippen LogP contribution in [0.4, 0.5) is 0 Å². The topological polar surface area (TPSA) is 84.7 Å². The molecule has 1 saturated heterocycles. The zero-order chi connectivity index (χ0) is 17.3. The monoisotopic (exact) mass is 348 g/mol. The Kier molecular flexibility index (Phi) is 4.69. The standard InChI is InChI=1S/C16H24N6OS/c1-10-11(2)24-15(18-10)16(3,4)19-14(23)13-9-22(21-20-13)12-5-7-17-8-6-12/h9,12,17H,5-8H2,1-4H3,(H,19,23). The molecule has 2 aromatic heterocycles. The van der Waals surface area contributed by atoms with E-state index in [-0.39, 0.29) is 5.91 Å². The number of carbonyl (C=O) groups excluding carboxylic acids is 1. The van der Waals surface area contributed by atoms with Gasteiger partial charge in [0.2, 0.25) is 0 Å². The van der Waals surface area contributed by atoms with Gasteiger partial charge in [-0.15, -0.1) is 16.4 Å². The van der Waals surface area contributed by atoms with Crippen LogP contribution < -0.4 is 10.6 Å². The fraction of sp³-hybridized carbons (Fsp3) is 0.625. The first kappa shape index (κ1) is 17.0. The number of nitrogens with zero attached hydrogens (tertiary/aromatic N) is 4. The number of hydrogen-bond donors (Lipinski definition) is 2. The lowest BCUT2D eigenvalue weighted by Gasteiger charge is -2.23. The van der Waals surface area contributed by atoms with E-state index in [1.54, 1.807) is 17.5 Å². The van der Waals surface area contributed by atoms with Crippen LogP contribution >= 0.6 is 11.3 Å². The van der Waals surface area contributed by atoms with Crippen LogP contribution in [0, 0.1) is 13.8 Å². The molecule has 0 unspecified atom stereocenters. The summed E-state index contributed by atoms with van der Waals surface area (Å²) >= 11 is 1.61. The zero-order valence-electron chi connectivity index (χ0n) is 14.6. The van der Waals surface area contributed by atoms with E-state index in [2.05, 4.69) is 25.9 Å². The van der Waals surface area contributed by atoms with Crippen LogP contribution in [0.1, 0.15) is 58.8 Å². The van der Waals surface area contributed by atoms with Gasteiger partial charge in [-0.1, -0.05) is 5.21 Å². The molecule has 1 amide bonds. The Morgan fingerprint density at radius 2 is 2.08 bits per heavy atom. The third-order valence-electron chi connectivity index (χ3n) is 4.41. The molecule has 0 radical (unpaired) electrons. The van der Waals surface area contributed by atoms with Crippen LogP contribution in [0.2, 0.25) is 0 Å². The molecule has 7 nitrogen and oxygen atoms in total. The summed E-state index contributed by atoms with van der Waals surface area (Å²) in [4.78, 5) is 18.3. The maximum atomic E-state index is 12.6. The fourth-order valence-electron chi connectivity index (χ4n) is 2.77. The number of amides is 1. The number of hydrogen-bond acceptors (Lipinski definition) is 6. The van der Waals surface area contributed by atoms with Gasteiger partial charge in [0.1, 0.15) is 5.01 Å². The van der Waals surface area contributed by atoms with Crippen LogP contribution in [-0.4, -0.2) is 39.0 Å². The average Bonchev–Trinajstić information content (AvgIpc) is 3.16. The number of carbonyl (C=O) groups is 1. The summed E-state index contributed by atoms with van der Waals surface area (Å²) in [6.07, 6.45) is 3.76. The second-order valence-corrected chi connectivity index (χ2v) is 8.01. The molecule has 1 aliphatic rings. The van der Waals surface area contributed by atoms with Gasteiger partial charge in [-0.2, -0.15) is 0 Å². The Balaban J connectivity index is 1.71. The maximum Gasteiger partial charge on any atom is 0.274 e. The lowest BCUT2D eigenvalue weighted by atomic mass is 10.1. The quantitative estimate of drug-likeness (QED) is 0.882. The molecular formula is C16H24N6OS. The molecule has 2 aromatic rings. The molecule has 0 saturated carbocycles. The Morgan fingerprint density at radius 1 is 1.38 bits per heavy atom. The summed E-state index contributed by atoms with van der Waals surface area (Å²) in [5.41, 5.74) is 0.819. The normalized spacial score (nSPS) is 16.3. The Hall–Kier alpha value is -1.80. The van der Waals surface area contributed by atoms with Gasteiger partial charge in [-0.05, 0) is 53.6 Å². The first-order chi connectivity index (χ1) is 11.4. The van der Waals surface area contributed by atoms with Crippen LogP contribution in [0.5, 0.6) is 0 Å². The Labute approximate surface area is 145 Å². The highest BCUT2D eigenvalue weighted by Crippen LogP contribution is 2.27. The number of aryl methyl sites for hydroxylation is 2. The molecule has 0 bridgehead atoms. The lowest BCUT2D eigenvalue weighted by Crippen LogP contribution is -2.41. The second kappa shape index (κ2) is 6.60. The van der Waals surface area contributed by atoms with E-state index in [9.17, 15) is 4.79 Å². The van der Waals surface area contributed by atoms with Gasteiger partial charge in [-0.25, -0.2) is 9.67 Å². The van der Waals surface area contributed by atoms with E-state index in [0.29, 0.717) is 11.7 Å². The summed E-state index contributed by atoms with van der Waals surface area (Å²) in [6, 6.07) is 0.317. The van der Waals surface area contributed by atoms with E-state index < -0.39 is 5.54 Å². The summed E-state index contributed by atoms with van der Waals surface area (Å²) in [5, 5.41) is 15.5. The molecule has 0 aromatic carbocycles. The van der Waals surface area contributed by atoms with Gasteiger partial charge >= 0.3 is 0 Å². The van der Waals surface area contributed by atoms with Crippen molar-refractivity contribution in [3.8, 4) is 0 Å². The Morgan fingerprint density at radius 3 is 2.71 bits per heavy atom. The van der Waals surface area contributed by atoms with Crippen LogP contribution in [0.15, 0.2) is 6.20 Å². The summed E-state index contributed by atoms with van der Waals surface area (Å²) in [5.74, 6) is -0.217. The van der Waals surface area contributed by atoms with E-state index in [1.165, 1.54) is 4.88 Å². The molecule has 8 heteroatoms. The average molecular weight is 348 g/mol. The predicted octanol–water partition coefficient (Wildman–Crippen LogP) is 1.94. The van der Waals surface area contributed by atoms with E-state index >= 15 is 0 Å².